The summed E-state index contributed by atoms with van der Waals surface area (Å²) in [5, 5.41) is 10.1. The lowest BCUT2D eigenvalue weighted by Crippen LogP contribution is -2.15. The van der Waals surface area contributed by atoms with Crippen LogP contribution in [-0.2, 0) is 12.2 Å². The van der Waals surface area contributed by atoms with Crippen LogP contribution in [0.2, 0.25) is 0 Å². The van der Waals surface area contributed by atoms with E-state index in [-0.39, 0.29) is 0 Å². The maximum absolute atomic E-state index is 4.63. The van der Waals surface area contributed by atoms with Gasteiger partial charge in [-0.25, -0.2) is 0 Å². The van der Waals surface area contributed by atoms with Gasteiger partial charge in [0, 0.05) is 35.9 Å². The van der Waals surface area contributed by atoms with E-state index in [9.17, 15) is 0 Å². The third-order valence-corrected chi connectivity index (χ3v) is 6.58. The highest BCUT2D eigenvalue weighted by atomic mass is 32.2. The molecule has 5 nitrogen and oxygen atoms in total. The summed E-state index contributed by atoms with van der Waals surface area (Å²) in [6.07, 6.45) is 4.73. The molecule has 0 aliphatic heterocycles. The van der Waals surface area contributed by atoms with Crippen LogP contribution in [0, 0.1) is 0 Å². The van der Waals surface area contributed by atoms with Crippen LogP contribution >= 0.6 is 11.8 Å². The summed E-state index contributed by atoms with van der Waals surface area (Å²) in [7, 11) is 4.21. The largest absolute Gasteiger partial charge is 0.309 e. The van der Waals surface area contributed by atoms with Crippen molar-refractivity contribution in [1.82, 2.24) is 24.6 Å². The summed E-state index contributed by atoms with van der Waals surface area (Å²) in [5.74, 6) is 2.11. The van der Waals surface area contributed by atoms with Crippen molar-refractivity contribution in [3.63, 3.8) is 0 Å². The molecule has 170 valence electrons. The highest BCUT2D eigenvalue weighted by Crippen LogP contribution is 2.31. The molecule has 0 bridgehead atoms. The van der Waals surface area contributed by atoms with Crippen molar-refractivity contribution in [3.8, 4) is 17.1 Å². The molecule has 0 spiro atoms. The van der Waals surface area contributed by atoms with Gasteiger partial charge in [0.15, 0.2) is 11.0 Å². The molecule has 33 heavy (non-hydrogen) atoms. The van der Waals surface area contributed by atoms with Gasteiger partial charge in [0.2, 0.25) is 0 Å². The van der Waals surface area contributed by atoms with Gasteiger partial charge in [-0.3, -0.25) is 9.55 Å². The molecule has 6 heteroatoms. The van der Waals surface area contributed by atoms with E-state index in [4.69, 9.17) is 0 Å². The topological polar surface area (TPSA) is 46.8 Å². The lowest BCUT2D eigenvalue weighted by atomic mass is 10.0. The molecule has 2 aromatic carbocycles. The Morgan fingerprint density at radius 3 is 2.45 bits per heavy atom. The third-order valence-electron chi connectivity index (χ3n) is 5.58. The molecule has 0 aliphatic rings. The Morgan fingerprint density at radius 2 is 1.76 bits per heavy atom. The summed E-state index contributed by atoms with van der Waals surface area (Å²) in [6.45, 7) is 5.46. The van der Waals surface area contributed by atoms with E-state index < -0.39 is 0 Å². The van der Waals surface area contributed by atoms with Crippen LogP contribution in [0.3, 0.4) is 0 Å². The van der Waals surface area contributed by atoms with E-state index in [2.05, 4.69) is 107 Å². The fourth-order valence-electron chi connectivity index (χ4n) is 3.62. The second-order valence-corrected chi connectivity index (χ2v) is 9.73. The smallest absolute Gasteiger partial charge is 0.196 e. The Morgan fingerprint density at radius 1 is 0.939 bits per heavy atom. The minimum absolute atomic E-state index is 0.455. The zero-order valence-electron chi connectivity index (χ0n) is 19.8. The number of nitrogens with zero attached hydrogens (tertiary/aromatic N) is 5. The van der Waals surface area contributed by atoms with Crippen molar-refractivity contribution >= 4 is 11.8 Å². The number of thioether (sulfide) groups is 1. The summed E-state index contributed by atoms with van der Waals surface area (Å²) in [5.41, 5.74) is 5.95. The summed E-state index contributed by atoms with van der Waals surface area (Å²) < 4.78 is 2.18. The molecular formula is C27H31N5S. The van der Waals surface area contributed by atoms with Crippen LogP contribution in [0.5, 0.6) is 0 Å². The zero-order valence-corrected chi connectivity index (χ0v) is 20.6. The maximum atomic E-state index is 4.63. The second kappa shape index (κ2) is 10.8. The first-order chi connectivity index (χ1) is 16.0. The minimum Gasteiger partial charge on any atom is -0.309 e. The first-order valence-corrected chi connectivity index (χ1v) is 12.3. The number of hydrogen-bond acceptors (Lipinski definition) is 5. The average molecular weight is 458 g/mol. The Hall–Kier alpha value is -2.96. The fourth-order valence-corrected chi connectivity index (χ4v) is 4.50. The van der Waals surface area contributed by atoms with Crippen LogP contribution in [-0.4, -0.2) is 45.3 Å². The minimum atomic E-state index is 0.455. The molecule has 2 aromatic heterocycles. The van der Waals surface area contributed by atoms with Crippen molar-refractivity contribution in [2.75, 3.05) is 20.6 Å². The van der Waals surface area contributed by atoms with Crippen LogP contribution < -0.4 is 0 Å². The second-order valence-electron chi connectivity index (χ2n) is 8.79. The van der Waals surface area contributed by atoms with Gasteiger partial charge in [0.05, 0.1) is 0 Å². The predicted molar refractivity (Wildman–Crippen MR) is 137 cm³/mol. The summed E-state index contributed by atoms with van der Waals surface area (Å²) in [4.78, 5) is 6.45. The van der Waals surface area contributed by atoms with Crippen LogP contribution in [0.15, 0.2) is 78.2 Å². The van der Waals surface area contributed by atoms with E-state index in [1.807, 2.05) is 12.3 Å². The van der Waals surface area contributed by atoms with Crippen molar-refractivity contribution in [2.24, 2.45) is 0 Å². The number of likely N-dealkylation sites (N-methyl/N-ethyl adjacent to an activating group) is 1. The van der Waals surface area contributed by atoms with Gasteiger partial charge in [0.1, 0.15) is 0 Å². The molecule has 0 saturated carbocycles. The van der Waals surface area contributed by atoms with Crippen LogP contribution in [0.25, 0.3) is 17.1 Å². The van der Waals surface area contributed by atoms with Gasteiger partial charge in [-0.2, -0.15) is 0 Å². The zero-order chi connectivity index (χ0) is 23.2. The number of aromatic nitrogens is 4. The van der Waals surface area contributed by atoms with Crippen molar-refractivity contribution in [3.05, 3.63) is 89.7 Å². The summed E-state index contributed by atoms with van der Waals surface area (Å²) >= 11 is 1.68. The molecule has 4 aromatic rings. The van der Waals surface area contributed by atoms with Crippen LogP contribution in [0.4, 0.5) is 0 Å². The average Bonchev–Trinajstić information content (AvgIpc) is 3.26. The SMILES string of the molecule is CC(C)c1cccc(-c2nnc(SCc3cccnc3)n2-c2ccc(CCN(C)C)cc2)c1. The highest BCUT2D eigenvalue weighted by molar-refractivity contribution is 7.98. The highest BCUT2D eigenvalue weighted by Gasteiger charge is 2.17. The fraction of sp³-hybridized carbons (Fsp3) is 0.296. The molecule has 0 N–H and O–H groups in total. The molecule has 4 rings (SSSR count). The Labute approximate surface area is 200 Å². The lowest BCUT2D eigenvalue weighted by Gasteiger charge is -2.13. The van der Waals surface area contributed by atoms with E-state index in [1.165, 1.54) is 16.7 Å². The van der Waals surface area contributed by atoms with Gasteiger partial charge in [-0.1, -0.05) is 62.0 Å². The summed E-state index contributed by atoms with van der Waals surface area (Å²) in [6, 6.07) is 21.5. The molecule has 0 atom stereocenters. The van der Waals surface area contributed by atoms with Gasteiger partial charge in [-0.05, 0) is 67.4 Å². The Kier molecular flexibility index (Phi) is 7.57. The van der Waals surface area contributed by atoms with Crippen LogP contribution in [0.1, 0.15) is 36.5 Å². The van der Waals surface area contributed by atoms with E-state index >= 15 is 0 Å². The number of benzene rings is 2. The third kappa shape index (κ3) is 5.89. The molecule has 0 fully saturated rings. The van der Waals surface area contributed by atoms with E-state index in [1.54, 1.807) is 18.0 Å². The Balaban J connectivity index is 1.70. The number of hydrogen-bond donors (Lipinski definition) is 0. The van der Waals surface area contributed by atoms with Gasteiger partial charge in [-0.15, -0.1) is 10.2 Å². The molecule has 0 unspecified atom stereocenters. The molecule has 0 radical (unpaired) electrons. The Bertz CT molecular complexity index is 1170. The molecular weight excluding hydrogens is 426 g/mol. The van der Waals surface area contributed by atoms with Crippen molar-refractivity contribution in [1.29, 1.82) is 0 Å². The quantitative estimate of drug-likeness (QED) is 0.295. The standard InChI is InChI=1S/C27H31N5S/c1-20(2)23-8-5-9-24(17-23)26-29-30-27(33-19-22-7-6-15-28-18-22)32(26)25-12-10-21(11-13-25)14-16-31(3)4/h5-13,15,17-18,20H,14,16,19H2,1-4H3. The molecule has 0 amide bonds. The monoisotopic (exact) mass is 457 g/mol. The number of rotatable bonds is 9. The van der Waals surface area contributed by atoms with E-state index in [0.717, 1.165) is 41.0 Å². The number of pyridine rings is 1. The predicted octanol–water partition coefficient (Wildman–Crippen LogP) is 5.85. The first kappa shape index (κ1) is 23.2. The normalized spacial score (nSPS) is 11.5. The lowest BCUT2D eigenvalue weighted by molar-refractivity contribution is 0.413. The van der Waals surface area contributed by atoms with Gasteiger partial charge in [0.25, 0.3) is 0 Å². The molecule has 0 aliphatic carbocycles. The molecule has 2 heterocycles. The molecule has 0 saturated heterocycles. The van der Waals surface area contributed by atoms with Crippen molar-refractivity contribution < 1.29 is 0 Å². The van der Waals surface area contributed by atoms with Gasteiger partial charge >= 0.3 is 0 Å². The van der Waals surface area contributed by atoms with Gasteiger partial charge < -0.3 is 4.90 Å². The maximum Gasteiger partial charge on any atom is 0.196 e. The van der Waals surface area contributed by atoms with Crippen molar-refractivity contribution in [2.45, 2.75) is 37.1 Å². The first-order valence-electron chi connectivity index (χ1n) is 11.3. The van der Waals surface area contributed by atoms with E-state index in [0.29, 0.717) is 5.92 Å².